The van der Waals surface area contributed by atoms with Gasteiger partial charge in [0.05, 0.1) is 11.2 Å². The smallest absolute Gasteiger partial charge is 0.337 e. The average molecular weight is 449 g/mol. The fraction of sp³-hybridized carbons (Fsp3) is 0.294. The molecule has 0 aromatic heterocycles. The third kappa shape index (κ3) is 5.30. The van der Waals surface area contributed by atoms with Crippen LogP contribution in [0.4, 0.5) is 5.69 Å². The molecule has 162 valence electrons. The van der Waals surface area contributed by atoms with Gasteiger partial charge >= 0.3 is 16.1 Å². The molecule has 0 radical (unpaired) electrons. The molecule has 0 N–H and O–H groups in total. The van der Waals surface area contributed by atoms with Crippen LogP contribution >= 0.6 is 0 Å². The van der Waals surface area contributed by atoms with E-state index in [4.69, 9.17) is 16.7 Å². The zero-order chi connectivity index (χ0) is 23.3. The predicted octanol–water partition coefficient (Wildman–Crippen LogP) is 1.02. The number of esters is 1. The van der Waals surface area contributed by atoms with Crippen molar-refractivity contribution in [3.05, 3.63) is 62.7 Å². The number of amides is 1. The Labute approximate surface area is 176 Å². The van der Waals surface area contributed by atoms with Crippen LogP contribution in [0, 0.1) is 22.5 Å². The van der Waals surface area contributed by atoms with Crippen LogP contribution in [0.5, 0.6) is 0 Å². The monoisotopic (exact) mass is 449 g/mol. The predicted molar refractivity (Wildman–Crippen MR) is 104 cm³/mol. The molecular formula is C17H15N5O8S. The van der Waals surface area contributed by atoms with Crippen LogP contribution in [0.3, 0.4) is 0 Å². The number of benzene rings is 1. The van der Waals surface area contributed by atoms with Crippen molar-refractivity contribution in [2.75, 3.05) is 6.26 Å². The second kappa shape index (κ2) is 9.16. The number of terminal acetylenes is 1. The highest BCUT2D eigenvalue weighted by Crippen LogP contribution is 2.30. The topological polar surface area (TPSA) is 182 Å². The summed E-state index contributed by atoms with van der Waals surface area (Å²) in [7, 11) is -4.11. The van der Waals surface area contributed by atoms with Crippen molar-refractivity contribution < 1.29 is 31.9 Å². The van der Waals surface area contributed by atoms with Crippen LogP contribution in [0.2, 0.25) is 0 Å². The Balaban J connectivity index is 2.25. The van der Waals surface area contributed by atoms with E-state index in [1.807, 2.05) is 0 Å². The summed E-state index contributed by atoms with van der Waals surface area (Å²) in [6.07, 6.45) is 6.06. The second-order valence-electron chi connectivity index (χ2n) is 6.19. The van der Waals surface area contributed by atoms with Crippen LogP contribution < -0.4 is 0 Å². The summed E-state index contributed by atoms with van der Waals surface area (Å²) >= 11 is 0. The van der Waals surface area contributed by atoms with Gasteiger partial charge in [-0.15, -0.1) is 6.42 Å². The van der Waals surface area contributed by atoms with Gasteiger partial charge in [0.2, 0.25) is 5.91 Å². The number of azide groups is 1. The second-order valence-corrected chi connectivity index (χ2v) is 7.77. The van der Waals surface area contributed by atoms with Crippen LogP contribution in [0.1, 0.15) is 5.56 Å². The Bertz CT molecular complexity index is 1120. The lowest BCUT2D eigenvalue weighted by Gasteiger charge is -2.45. The molecule has 31 heavy (non-hydrogen) atoms. The molecule has 0 bridgehead atoms. The number of ether oxygens (including phenoxy) is 1. The first-order chi connectivity index (χ1) is 14.5. The molecule has 0 aliphatic carbocycles. The number of β-lactam (4-membered cyclic amide) rings is 1. The van der Waals surface area contributed by atoms with Gasteiger partial charge in [-0.05, 0) is 23.2 Å². The molecule has 3 unspecified atom stereocenters. The van der Waals surface area contributed by atoms with E-state index in [1.165, 1.54) is 24.3 Å². The zero-order valence-corrected chi connectivity index (χ0v) is 16.8. The molecular weight excluding hydrogens is 434 g/mol. The van der Waals surface area contributed by atoms with Crippen LogP contribution in [0.15, 0.2) is 41.7 Å². The number of nitro benzene ring substituents is 1. The Morgan fingerprint density at radius 2 is 2.10 bits per heavy atom. The third-order valence-electron chi connectivity index (χ3n) is 4.05. The Hall–Kier alpha value is -4.08. The summed E-state index contributed by atoms with van der Waals surface area (Å²) in [6, 6.07) is 0.893. The Morgan fingerprint density at radius 3 is 2.58 bits per heavy atom. The maximum absolute atomic E-state index is 12.7. The summed E-state index contributed by atoms with van der Waals surface area (Å²) < 4.78 is 32.7. The lowest BCUT2D eigenvalue weighted by atomic mass is 9.93. The number of hydrogen-bond acceptors (Lipinski definition) is 9. The highest BCUT2D eigenvalue weighted by Gasteiger charge is 2.53. The van der Waals surface area contributed by atoms with E-state index in [9.17, 15) is 28.1 Å². The molecule has 1 heterocycles. The zero-order valence-electron chi connectivity index (χ0n) is 15.9. The van der Waals surface area contributed by atoms with E-state index in [0.717, 1.165) is 4.90 Å². The molecule has 0 spiro atoms. The average Bonchev–Trinajstić information content (AvgIpc) is 2.69. The summed E-state index contributed by atoms with van der Waals surface area (Å²) in [5, 5.41) is 14.0. The maximum Gasteiger partial charge on any atom is 0.337 e. The molecule has 14 heteroatoms. The molecule has 3 atom stereocenters. The summed E-state index contributed by atoms with van der Waals surface area (Å²) in [5.41, 5.74) is 8.76. The molecule has 1 amide bonds. The molecule has 1 aromatic rings. The highest BCUT2D eigenvalue weighted by atomic mass is 32.2. The van der Waals surface area contributed by atoms with Gasteiger partial charge in [0.25, 0.3) is 5.69 Å². The minimum Gasteiger partial charge on any atom is -0.459 e. The fourth-order valence-corrected chi connectivity index (χ4v) is 3.19. The van der Waals surface area contributed by atoms with Gasteiger partial charge in [-0.3, -0.25) is 14.9 Å². The maximum atomic E-state index is 12.7. The molecule has 2 rings (SSSR count). The minimum absolute atomic E-state index is 0.171. The van der Waals surface area contributed by atoms with E-state index >= 15 is 0 Å². The van der Waals surface area contributed by atoms with Crippen molar-refractivity contribution >= 4 is 27.7 Å². The van der Waals surface area contributed by atoms with Crippen molar-refractivity contribution in [3.63, 3.8) is 0 Å². The van der Waals surface area contributed by atoms with Crippen molar-refractivity contribution in [3.8, 4) is 12.3 Å². The lowest BCUT2D eigenvalue weighted by molar-refractivity contribution is -0.384. The van der Waals surface area contributed by atoms with Crippen molar-refractivity contribution in [1.29, 1.82) is 0 Å². The molecule has 0 saturated carbocycles. The van der Waals surface area contributed by atoms with Gasteiger partial charge in [-0.25, -0.2) is 4.79 Å². The highest BCUT2D eigenvalue weighted by molar-refractivity contribution is 7.86. The van der Waals surface area contributed by atoms with E-state index in [1.54, 1.807) is 0 Å². The van der Waals surface area contributed by atoms with Gasteiger partial charge in [0.15, 0.2) is 6.04 Å². The number of nitro groups is 1. The number of carbonyl (C=O) groups is 2. The first-order valence-corrected chi connectivity index (χ1v) is 10.1. The quantitative estimate of drug-likeness (QED) is 0.0511. The molecule has 1 aromatic carbocycles. The fourth-order valence-electron chi connectivity index (χ4n) is 2.71. The number of hydrogen-bond donors (Lipinski definition) is 0. The Kier molecular flexibility index (Phi) is 6.86. The first-order valence-electron chi connectivity index (χ1n) is 8.31. The van der Waals surface area contributed by atoms with Crippen molar-refractivity contribution in [1.82, 2.24) is 4.90 Å². The van der Waals surface area contributed by atoms with Gasteiger partial charge in [0, 0.05) is 17.0 Å². The van der Waals surface area contributed by atoms with Gasteiger partial charge < -0.3 is 13.8 Å². The van der Waals surface area contributed by atoms with Crippen LogP contribution in [-0.2, 0) is 35.2 Å². The van der Waals surface area contributed by atoms with Gasteiger partial charge in [0.1, 0.15) is 24.4 Å². The van der Waals surface area contributed by atoms with E-state index in [2.05, 4.69) is 26.7 Å². The van der Waals surface area contributed by atoms with Gasteiger partial charge in [-0.2, -0.15) is 8.42 Å². The molecule has 1 fully saturated rings. The SMILES string of the molecule is C#CC1C(N=[N+]=[N-])C(=O)N1C(C(=C)OS(C)(=O)=O)C(=O)OCc1ccc([N+](=O)[O-])cc1. The lowest BCUT2D eigenvalue weighted by Crippen LogP contribution is -2.68. The van der Waals surface area contributed by atoms with E-state index < -0.39 is 50.8 Å². The number of carbonyl (C=O) groups excluding carboxylic acids is 2. The number of non-ortho nitro benzene ring substituents is 1. The standard InChI is InChI=1S/C17H15N5O8S/c1-4-13-14(19-20-18)16(23)21(13)15(10(2)30-31(3,27)28)17(24)29-9-11-5-7-12(8-6-11)22(25)26/h1,5-8,13-15H,2,9H2,3H3. The normalized spacial score (nSPS) is 18.6. The first kappa shape index (κ1) is 23.2. The molecule has 1 aliphatic heterocycles. The van der Waals surface area contributed by atoms with Crippen LogP contribution in [0.25, 0.3) is 10.4 Å². The molecule has 1 aliphatic rings. The minimum atomic E-state index is -4.11. The summed E-state index contributed by atoms with van der Waals surface area (Å²) in [5.74, 6) is -0.442. The Morgan fingerprint density at radius 1 is 1.48 bits per heavy atom. The molecule has 1 saturated heterocycles. The van der Waals surface area contributed by atoms with Crippen molar-refractivity contribution in [2.24, 2.45) is 5.11 Å². The number of likely N-dealkylation sites (tertiary alicyclic amines) is 1. The number of nitrogens with zero attached hydrogens (tertiary/aromatic N) is 5. The largest absolute Gasteiger partial charge is 0.459 e. The van der Waals surface area contributed by atoms with Crippen molar-refractivity contribution in [2.45, 2.75) is 24.7 Å². The number of rotatable bonds is 9. The molecule has 13 nitrogen and oxygen atoms in total. The third-order valence-corrected chi connectivity index (χ3v) is 4.56. The van der Waals surface area contributed by atoms with Gasteiger partial charge in [-0.1, -0.05) is 17.6 Å². The van der Waals surface area contributed by atoms with E-state index in [-0.39, 0.29) is 12.3 Å². The summed E-state index contributed by atoms with van der Waals surface area (Å²) in [6.45, 7) is 3.02. The summed E-state index contributed by atoms with van der Waals surface area (Å²) in [4.78, 5) is 38.4. The van der Waals surface area contributed by atoms with E-state index in [0.29, 0.717) is 11.8 Å². The van der Waals surface area contributed by atoms with Crippen LogP contribution in [-0.4, -0.2) is 54.5 Å².